The van der Waals surface area contributed by atoms with Crippen molar-refractivity contribution in [2.24, 2.45) is 0 Å². The average molecular weight is 615 g/mol. The summed E-state index contributed by atoms with van der Waals surface area (Å²) in [5.74, 6) is 0.963. The second-order valence-electron chi connectivity index (χ2n) is 8.09. The van der Waals surface area contributed by atoms with E-state index in [9.17, 15) is 0 Å². The van der Waals surface area contributed by atoms with Crippen LogP contribution in [0.25, 0.3) is 0 Å². The largest absolute Gasteiger partial charge is 1.00 e. The van der Waals surface area contributed by atoms with Crippen LogP contribution in [0.3, 0.4) is 0 Å². The minimum atomic E-state index is -1.42. The normalized spacial score (nSPS) is 11.9. The maximum Gasteiger partial charge on any atom is 1.00 e. The molecule has 0 amide bonds. The summed E-state index contributed by atoms with van der Waals surface area (Å²) < 4.78 is 8.99. The Hall–Kier alpha value is 0.771. The van der Waals surface area contributed by atoms with Gasteiger partial charge in [0.05, 0.1) is 30.5 Å². The Morgan fingerprint density at radius 3 is 1.03 bits per heavy atom. The number of hydrogen-bond donors (Lipinski definition) is 0. The molecule has 0 N–H and O–H groups in total. The zero-order valence-electron chi connectivity index (χ0n) is 18.0. The molecule has 0 fully saturated rings. The summed E-state index contributed by atoms with van der Waals surface area (Å²) in [5.41, 5.74) is 3.09. The van der Waals surface area contributed by atoms with Crippen molar-refractivity contribution >= 4 is 54.9 Å². The van der Waals surface area contributed by atoms with E-state index in [0.29, 0.717) is 17.8 Å². The zero-order valence-corrected chi connectivity index (χ0v) is 25.9. The van der Waals surface area contributed by atoms with Crippen molar-refractivity contribution in [3.63, 3.8) is 0 Å². The third-order valence-corrected chi connectivity index (χ3v) is 6.57. The summed E-state index contributed by atoms with van der Waals surface area (Å²) in [6, 6.07) is 0. The van der Waals surface area contributed by atoms with E-state index >= 15 is 0 Å². The van der Waals surface area contributed by atoms with E-state index in [2.05, 4.69) is 89.3 Å². The van der Waals surface area contributed by atoms with Gasteiger partial charge >= 0.3 is 58.5 Å². The Morgan fingerprint density at radius 2 is 0.862 bits per heavy atom. The Balaban J connectivity index is 0.00000300. The van der Waals surface area contributed by atoms with E-state index in [1.807, 2.05) is 32.4 Å². The predicted molar refractivity (Wildman–Crippen MR) is 125 cm³/mol. The molecule has 29 heavy (non-hydrogen) atoms. The van der Waals surface area contributed by atoms with Gasteiger partial charge in [0.15, 0.2) is 0 Å². The molecule has 0 aliphatic rings. The van der Waals surface area contributed by atoms with Crippen molar-refractivity contribution < 1.29 is 51.4 Å². The van der Waals surface area contributed by atoms with Gasteiger partial charge in [-0.1, -0.05) is 41.5 Å². The minimum Gasteiger partial charge on any atom is -0.402 e. The first kappa shape index (κ1) is 26.0. The molecule has 0 radical (unpaired) electrons. The van der Waals surface area contributed by atoms with Crippen LogP contribution in [-0.4, -0.2) is 36.2 Å². The fourth-order valence-electron chi connectivity index (χ4n) is 3.29. The van der Waals surface area contributed by atoms with Gasteiger partial charge in [-0.25, -0.2) is 15.3 Å². The third kappa shape index (κ3) is 5.58. The first-order chi connectivity index (χ1) is 13.1. The molecule has 6 nitrogen and oxygen atoms in total. The summed E-state index contributed by atoms with van der Waals surface area (Å²) >= 11 is 11.0. The van der Waals surface area contributed by atoms with Crippen molar-refractivity contribution in [2.75, 3.05) is 0 Å². The topological polar surface area (TPSA) is 53.5 Å². The van der Waals surface area contributed by atoms with Gasteiger partial charge in [0.1, 0.15) is 0 Å². The quantitative estimate of drug-likeness (QED) is 0.402. The Bertz CT molecular complexity index is 854. The molecule has 3 aromatic rings. The molecule has 0 aliphatic carbocycles. The second-order valence-corrected chi connectivity index (χ2v) is 10.7. The van der Waals surface area contributed by atoms with Crippen LogP contribution in [0.2, 0.25) is 0 Å². The summed E-state index contributed by atoms with van der Waals surface area (Å²) in [5, 5.41) is 14.7. The van der Waals surface area contributed by atoms with Crippen molar-refractivity contribution in [3.05, 3.63) is 49.1 Å². The molecule has 0 spiro atoms. The number of halogens is 3. The van der Waals surface area contributed by atoms with Gasteiger partial charge in [0.2, 0.25) is 0 Å². The van der Waals surface area contributed by atoms with Gasteiger partial charge in [-0.05, 0) is 84.1 Å². The van der Waals surface area contributed by atoms with Crippen molar-refractivity contribution in [3.8, 4) is 0 Å². The van der Waals surface area contributed by atoms with Gasteiger partial charge < -0.3 is 13.8 Å². The third-order valence-electron chi connectivity index (χ3n) is 4.74. The van der Waals surface area contributed by atoms with Gasteiger partial charge in [-0.3, -0.25) is 0 Å². The number of hydrogen-bond acceptors (Lipinski definition) is 3. The Labute approximate surface area is 240 Å². The summed E-state index contributed by atoms with van der Waals surface area (Å²) in [7, 11) is -1.42. The maximum atomic E-state index is 4.88. The molecule has 0 saturated heterocycles. The van der Waals surface area contributed by atoms with E-state index in [1.54, 1.807) is 0 Å². The number of nitrogens with zero attached hydrogens (tertiary/aromatic N) is 6. The van der Waals surface area contributed by atoms with Gasteiger partial charge in [0.25, 0.3) is 0 Å². The van der Waals surface area contributed by atoms with Crippen LogP contribution in [0.1, 0.15) is 76.4 Å². The van der Waals surface area contributed by atoms with Crippen LogP contribution in [0.5, 0.6) is 0 Å². The molecule has 0 atom stereocenters. The molecule has 3 heterocycles. The van der Waals surface area contributed by atoms with Crippen LogP contribution < -0.4 is 51.4 Å². The summed E-state index contributed by atoms with van der Waals surface area (Å²) in [6.07, 6.45) is 6.10. The number of rotatable bonds is 6. The van der Waals surface area contributed by atoms with E-state index in [-0.39, 0.29) is 51.4 Å². The fourth-order valence-corrected chi connectivity index (χ4v) is 5.61. The maximum absolute atomic E-state index is 4.88. The zero-order chi connectivity index (χ0) is 20.7. The second kappa shape index (κ2) is 10.6. The SMILES string of the molecule is CC(C)c1nn([BH-](n2cc(Br)c(C(C)C)n2)n2cc(Br)c(C(C)C)n2)cc1Br.[K+]. The molecule has 0 bridgehead atoms. The minimum absolute atomic E-state index is 0. The Kier molecular flexibility index (Phi) is 9.51. The van der Waals surface area contributed by atoms with Crippen molar-refractivity contribution in [1.82, 2.24) is 29.1 Å². The molecule has 0 aliphatic heterocycles. The first-order valence-corrected chi connectivity index (χ1v) is 11.9. The van der Waals surface area contributed by atoms with Crippen LogP contribution >= 0.6 is 47.8 Å². The summed E-state index contributed by atoms with van der Waals surface area (Å²) in [4.78, 5) is 0. The van der Waals surface area contributed by atoms with Crippen LogP contribution in [0.15, 0.2) is 32.0 Å². The van der Waals surface area contributed by atoms with Crippen molar-refractivity contribution in [2.45, 2.75) is 59.3 Å². The molecular weight excluding hydrogens is 590 g/mol. The average Bonchev–Trinajstić information content (AvgIpc) is 3.26. The predicted octanol–water partition coefficient (Wildman–Crippen LogP) is 2.60. The molecular formula is C18H25BBr3KN6. The van der Waals surface area contributed by atoms with Crippen LogP contribution in [0.4, 0.5) is 0 Å². The first-order valence-electron chi connectivity index (χ1n) is 9.51. The van der Waals surface area contributed by atoms with Crippen molar-refractivity contribution in [1.29, 1.82) is 0 Å². The van der Waals surface area contributed by atoms with E-state index in [1.165, 1.54) is 0 Å². The van der Waals surface area contributed by atoms with Crippen LogP contribution in [0, 0.1) is 0 Å². The van der Waals surface area contributed by atoms with E-state index < -0.39 is 7.12 Å². The smallest absolute Gasteiger partial charge is 0.402 e. The summed E-state index contributed by atoms with van der Waals surface area (Å²) in [6.45, 7) is 12.9. The molecule has 0 saturated carbocycles. The Morgan fingerprint density at radius 1 is 0.621 bits per heavy atom. The van der Waals surface area contributed by atoms with Crippen LogP contribution in [-0.2, 0) is 0 Å². The molecule has 152 valence electrons. The fraction of sp³-hybridized carbons (Fsp3) is 0.500. The monoisotopic (exact) mass is 612 g/mol. The van der Waals surface area contributed by atoms with Gasteiger partial charge in [-0.2, -0.15) is 0 Å². The molecule has 3 rings (SSSR count). The molecule has 11 heteroatoms. The number of aromatic nitrogens is 6. The van der Waals surface area contributed by atoms with E-state index in [0.717, 1.165) is 30.5 Å². The molecule has 0 aromatic carbocycles. The van der Waals surface area contributed by atoms with E-state index in [4.69, 9.17) is 15.3 Å². The molecule has 3 aromatic heterocycles. The van der Waals surface area contributed by atoms with Gasteiger partial charge in [0, 0.05) is 0 Å². The standard InChI is InChI=1S/C18H25BBr3N6.K/c1-10(2)16-13(20)7-26(23-16)19(27-8-14(21)17(24-27)11(3)4)28-9-15(22)18(25-28)12(5)6;/h7-12,19H,1-6H3;/q-1;+1. The van der Waals surface area contributed by atoms with Gasteiger partial charge in [-0.15, -0.1) is 0 Å². The molecule has 0 unspecified atom stereocenters.